The molecule has 6 nitrogen and oxygen atoms in total. The Balaban J connectivity index is 1.16. The molecule has 4 aromatic rings. The minimum absolute atomic E-state index is 0.0193. The van der Waals surface area contributed by atoms with Gasteiger partial charge in [0.1, 0.15) is 6.04 Å². The smallest absolute Gasteiger partial charge is 0.321 e. The molecule has 0 saturated carbocycles. The Morgan fingerprint density at radius 1 is 0.762 bits per heavy atom. The molecule has 0 aromatic heterocycles. The lowest BCUT2D eigenvalue weighted by Crippen LogP contribution is -2.49. The molecule has 216 valence electrons. The van der Waals surface area contributed by atoms with E-state index in [1.54, 1.807) is 0 Å². The van der Waals surface area contributed by atoms with Crippen molar-refractivity contribution in [3.8, 4) is 11.1 Å². The standard InChI is InChI=1S/C36H40N4O2/c37-22-7-6-15-34-35(41)38(23-20-31-13-8-12-30-11-4-5-14-33(30)31)24-21-32-26-39(36(42)40(32)34)25-27-16-18-29(19-17-27)28-9-2-1-3-10-28/h1-5,8-14,16-19,32,34H,6-7,15,20-26,37H2. The summed E-state index contributed by atoms with van der Waals surface area (Å²) < 4.78 is 0. The quantitative estimate of drug-likeness (QED) is 0.239. The third-order valence-electron chi connectivity index (χ3n) is 8.88. The number of rotatable bonds is 10. The number of nitrogens with two attached hydrogens (primary N) is 1. The maximum Gasteiger partial charge on any atom is 0.321 e. The molecule has 2 aliphatic heterocycles. The second kappa shape index (κ2) is 12.8. The van der Waals surface area contributed by atoms with Crippen LogP contribution >= 0.6 is 0 Å². The Kier molecular flexibility index (Phi) is 8.52. The number of carbonyl (C=O) groups is 2. The Labute approximate surface area is 248 Å². The number of hydrogen-bond donors (Lipinski definition) is 1. The predicted molar refractivity (Wildman–Crippen MR) is 169 cm³/mol. The molecule has 6 rings (SSSR count). The maximum atomic E-state index is 14.0. The minimum atomic E-state index is -0.436. The molecule has 0 radical (unpaired) electrons. The Hall–Kier alpha value is -4.16. The first-order chi connectivity index (χ1) is 20.6. The molecule has 2 heterocycles. The van der Waals surface area contributed by atoms with Gasteiger partial charge in [0.2, 0.25) is 5.91 Å². The molecule has 42 heavy (non-hydrogen) atoms. The number of urea groups is 1. The van der Waals surface area contributed by atoms with Gasteiger partial charge in [0.05, 0.1) is 6.04 Å². The van der Waals surface area contributed by atoms with Crippen molar-refractivity contribution in [3.05, 3.63) is 108 Å². The van der Waals surface area contributed by atoms with E-state index in [2.05, 4.69) is 78.9 Å². The highest BCUT2D eigenvalue weighted by atomic mass is 16.2. The van der Waals surface area contributed by atoms with Gasteiger partial charge in [-0.1, -0.05) is 97.1 Å². The van der Waals surface area contributed by atoms with Crippen molar-refractivity contribution in [2.45, 2.75) is 50.7 Å². The third-order valence-corrected chi connectivity index (χ3v) is 8.88. The van der Waals surface area contributed by atoms with Gasteiger partial charge >= 0.3 is 6.03 Å². The number of hydrogen-bond acceptors (Lipinski definition) is 3. The lowest BCUT2D eigenvalue weighted by Gasteiger charge is -2.31. The topological polar surface area (TPSA) is 69.9 Å². The van der Waals surface area contributed by atoms with Crippen molar-refractivity contribution in [1.82, 2.24) is 14.7 Å². The minimum Gasteiger partial charge on any atom is -0.340 e. The van der Waals surface area contributed by atoms with Crippen molar-refractivity contribution >= 4 is 22.7 Å². The fourth-order valence-corrected chi connectivity index (χ4v) is 6.62. The second-order valence-electron chi connectivity index (χ2n) is 11.6. The molecule has 2 saturated heterocycles. The molecule has 6 heteroatoms. The summed E-state index contributed by atoms with van der Waals surface area (Å²) in [6.07, 6.45) is 3.93. The van der Waals surface area contributed by atoms with Gasteiger partial charge in [0.25, 0.3) is 0 Å². The number of benzene rings is 4. The van der Waals surface area contributed by atoms with Gasteiger partial charge in [-0.05, 0) is 71.7 Å². The predicted octanol–water partition coefficient (Wildman–Crippen LogP) is 6.09. The number of fused-ring (bicyclic) bond motifs is 2. The highest BCUT2D eigenvalue weighted by molar-refractivity contribution is 5.89. The zero-order valence-electron chi connectivity index (χ0n) is 24.2. The average molecular weight is 561 g/mol. The van der Waals surface area contributed by atoms with E-state index in [-0.39, 0.29) is 18.0 Å². The van der Waals surface area contributed by atoms with Crippen molar-refractivity contribution in [2.24, 2.45) is 5.73 Å². The van der Waals surface area contributed by atoms with Crippen molar-refractivity contribution in [1.29, 1.82) is 0 Å². The Morgan fingerprint density at radius 3 is 2.31 bits per heavy atom. The van der Waals surface area contributed by atoms with Crippen LogP contribution in [0.25, 0.3) is 21.9 Å². The highest BCUT2D eigenvalue weighted by Gasteiger charge is 2.46. The molecule has 2 aliphatic rings. The molecule has 0 spiro atoms. The summed E-state index contributed by atoms with van der Waals surface area (Å²) in [5.41, 5.74) is 10.5. The first-order valence-electron chi connectivity index (χ1n) is 15.3. The van der Waals surface area contributed by atoms with Gasteiger partial charge in [-0.15, -0.1) is 0 Å². The lowest BCUT2D eigenvalue weighted by molar-refractivity contribution is -0.135. The van der Waals surface area contributed by atoms with E-state index in [4.69, 9.17) is 5.73 Å². The van der Waals surface area contributed by atoms with Crippen molar-refractivity contribution in [2.75, 3.05) is 26.2 Å². The number of amides is 3. The Bertz CT molecular complexity index is 1520. The molecule has 2 unspecified atom stereocenters. The highest BCUT2D eigenvalue weighted by Crippen LogP contribution is 2.30. The van der Waals surface area contributed by atoms with E-state index >= 15 is 0 Å². The fraction of sp³-hybridized carbons (Fsp3) is 0.333. The van der Waals surface area contributed by atoms with E-state index in [9.17, 15) is 9.59 Å². The molecular formula is C36H40N4O2. The SMILES string of the molecule is NCCCCC1C(=O)N(CCc2cccc3ccccc23)CCC2CN(Cc3ccc(-c4ccccc4)cc3)C(=O)N21. The summed E-state index contributed by atoms with van der Waals surface area (Å²) >= 11 is 0. The summed E-state index contributed by atoms with van der Waals surface area (Å²) in [4.78, 5) is 33.7. The fourth-order valence-electron chi connectivity index (χ4n) is 6.62. The zero-order chi connectivity index (χ0) is 28.9. The van der Waals surface area contributed by atoms with E-state index in [1.165, 1.54) is 21.9 Å². The normalized spacial score (nSPS) is 18.9. The molecule has 0 aliphatic carbocycles. The third kappa shape index (κ3) is 5.90. The molecule has 2 N–H and O–H groups in total. The van der Waals surface area contributed by atoms with E-state index in [1.807, 2.05) is 32.9 Å². The van der Waals surface area contributed by atoms with Crippen LogP contribution in [0, 0.1) is 0 Å². The summed E-state index contributed by atoms with van der Waals surface area (Å²) in [5, 5.41) is 2.46. The largest absolute Gasteiger partial charge is 0.340 e. The van der Waals surface area contributed by atoms with Crippen LogP contribution in [-0.4, -0.2) is 64.9 Å². The number of carbonyl (C=O) groups excluding carboxylic acids is 2. The molecule has 2 atom stereocenters. The van der Waals surface area contributed by atoms with Crippen LogP contribution in [0.2, 0.25) is 0 Å². The van der Waals surface area contributed by atoms with Gasteiger partial charge < -0.3 is 20.4 Å². The van der Waals surface area contributed by atoms with Gasteiger partial charge in [-0.2, -0.15) is 0 Å². The van der Waals surface area contributed by atoms with E-state index < -0.39 is 6.04 Å². The van der Waals surface area contributed by atoms with Gasteiger partial charge in [-0.25, -0.2) is 4.79 Å². The van der Waals surface area contributed by atoms with Crippen molar-refractivity contribution < 1.29 is 9.59 Å². The maximum absolute atomic E-state index is 14.0. The van der Waals surface area contributed by atoms with Crippen LogP contribution in [0.4, 0.5) is 4.79 Å². The number of unbranched alkanes of at least 4 members (excludes halogenated alkanes) is 1. The monoisotopic (exact) mass is 560 g/mol. The van der Waals surface area contributed by atoms with E-state index in [0.29, 0.717) is 39.1 Å². The van der Waals surface area contributed by atoms with Crippen LogP contribution in [0.1, 0.15) is 36.8 Å². The molecule has 0 bridgehead atoms. The van der Waals surface area contributed by atoms with Crippen LogP contribution in [0.3, 0.4) is 0 Å². The lowest BCUT2D eigenvalue weighted by atomic mass is 10.0. The first kappa shape index (κ1) is 28.0. The van der Waals surface area contributed by atoms with Crippen LogP contribution in [0.15, 0.2) is 97.1 Å². The summed E-state index contributed by atoms with van der Waals surface area (Å²) in [6, 6.07) is 33.2. The van der Waals surface area contributed by atoms with Crippen molar-refractivity contribution in [3.63, 3.8) is 0 Å². The summed E-state index contributed by atoms with van der Waals surface area (Å²) in [5.74, 6) is 0.0807. The Morgan fingerprint density at radius 2 is 1.50 bits per heavy atom. The van der Waals surface area contributed by atoms with E-state index in [0.717, 1.165) is 36.8 Å². The molecule has 4 aromatic carbocycles. The van der Waals surface area contributed by atoms with Gasteiger partial charge in [-0.3, -0.25) is 4.79 Å². The van der Waals surface area contributed by atoms with Crippen LogP contribution in [-0.2, 0) is 17.8 Å². The molecular weight excluding hydrogens is 520 g/mol. The summed E-state index contributed by atoms with van der Waals surface area (Å²) in [7, 11) is 0. The van der Waals surface area contributed by atoms with Gasteiger partial charge in [0.15, 0.2) is 0 Å². The second-order valence-corrected chi connectivity index (χ2v) is 11.6. The van der Waals surface area contributed by atoms with Crippen LogP contribution < -0.4 is 5.73 Å². The average Bonchev–Trinajstić information content (AvgIpc) is 3.26. The molecule has 2 fully saturated rings. The first-order valence-corrected chi connectivity index (χ1v) is 15.3. The molecule has 3 amide bonds. The number of nitrogens with zero attached hydrogens (tertiary/aromatic N) is 3. The van der Waals surface area contributed by atoms with Gasteiger partial charge in [0, 0.05) is 26.2 Å². The summed E-state index contributed by atoms with van der Waals surface area (Å²) in [6.45, 7) is 3.12. The zero-order valence-corrected chi connectivity index (χ0v) is 24.2. The van der Waals surface area contributed by atoms with Crippen LogP contribution in [0.5, 0.6) is 0 Å².